The summed E-state index contributed by atoms with van der Waals surface area (Å²) in [4.78, 5) is 0. The lowest BCUT2D eigenvalue weighted by molar-refractivity contribution is 0.0718. The van der Waals surface area contributed by atoms with Gasteiger partial charge in [0.2, 0.25) is 0 Å². The molecule has 0 spiro atoms. The molecule has 4 nitrogen and oxygen atoms in total. The highest BCUT2D eigenvalue weighted by Gasteiger charge is 2.33. The largest absolute Gasteiger partial charge is 0.497 e. The minimum Gasteiger partial charge on any atom is -0.497 e. The number of rotatable bonds is 5. The minimum absolute atomic E-state index is 0.560. The SMILES string of the molecule is CCC(C)(C#N)C(O)c1cc(OC)cc(OC)c1. The van der Waals surface area contributed by atoms with Crippen molar-refractivity contribution in [2.45, 2.75) is 26.4 Å². The molecule has 0 saturated heterocycles. The van der Waals surface area contributed by atoms with E-state index in [2.05, 4.69) is 6.07 Å². The lowest BCUT2D eigenvalue weighted by Gasteiger charge is -2.27. The van der Waals surface area contributed by atoms with Gasteiger partial charge in [0.15, 0.2) is 0 Å². The first-order valence-electron chi connectivity index (χ1n) is 5.83. The van der Waals surface area contributed by atoms with Gasteiger partial charge in [-0.3, -0.25) is 0 Å². The quantitative estimate of drug-likeness (QED) is 0.871. The van der Waals surface area contributed by atoms with Crippen molar-refractivity contribution in [1.29, 1.82) is 5.26 Å². The molecular weight excluding hydrogens is 230 g/mol. The molecule has 0 amide bonds. The van der Waals surface area contributed by atoms with Crippen LogP contribution >= 0.6 is 0 Å². The smallest absolute Gasteiger partial charge is 0.122 e. The second kappa shape index (κ2) is 5.74. The van der Waals surface area contributed by atoms with Crippen molar-refractivity contribution >= 4 is 0 Å². The molecule has 18 heavy (non-hydrogen) atoms. The Morgan fingerprint density at radius 3 is 2.11 bits per heavy atom. The predicted molar refractivity (Wildman–Crippen MR) is 68.5 cm³/mol. The van der Waals surface area contributed by atoms with E-state index in [-0.39, 0.29) is 0 Å². The normalized spacial score (nSPS) is 15.3. The summed E-state index contributed by atoms with van der Waals surface area (Å²) in [6, 6.07) is 7.34. The van der Waals surface area contributed by atoms with Crippen molar-refractivity contribution in [2.75, 3.05) is 14.2 Å². The van der Waals surface area contributed by atoms with Gasteiger partial charge in [0, 0.05) is 6.07 Å². The molecule has 0 aromatic heterocycles. The maximum absolute atomic E-state index is 10.3. The molecular formula is C14H19NO3. The van der Waals surface area contributed by atoms with Gasteiger partial charge in [-0.1, -0.05) is 6.92 Å². The number of aliphatic hydroxyl groups excluding tert-OH is 1. The molecule has 1 aromatic rings. The molecule has 98 valence electrons. The predicted octanol–water partition coefficient (Wildman–Crippen LogP) is 2.68. The molecule has 0 radical (unpaired) electrons. The van der Waals surface area contributed by atoms with Gasteiger partial charge in [0.05, 0.1) is 31.8 Å². The van der Waals surface area contributed by atoms with Crippen LogP contribution in [0.1, 0.15) is 31.9 Å². The van der Waals surface area contributed by atoms with Crippen LogP contribution in [-0.2, 0) is 0 Å². The second-order valence-electron chi connectivity index (χ2n) is 4.43. The van der Waals surface area contributed by atoms with Crippen LogP contribution in [0, 0.1) is 16.7 Å². The Morgan fingerprint density at radius 2 is 1.78 bits per heavy atom. The Balaban J connectivity index is 3.20. The van der Waals surface area contributed by atoms with E-state index in [1.807, 2.05) is 6.92 Å². The highest BCUT2D eigenvalue weighted by molar-refractivity contribution is 5.40. The fraction of sp³-hybridized carbons (Fsp3) is 0.500. The standard InChI is InChI=1S/C14H19NO3/c1-5-14(2,9-15)13(16)10-6-11(17-3)8-12(7-10)18-4/h6-8,13,16H,5H2,1-4H3. The van der Waals surface area contributed by atoms with Gasteiger partial charge < -0.3 is 14.6 Å². The van der Waals surface area contributed by atoms with Gasteiger partial charge in [0.25, 0.3) is 0 Å². The van der Waals surface area contributed by atoms with Crippen LogP contribution in [-0.4, -0.2) is 19.3 Å². The summed E-state index contributed by atoms with van der Waals surface area (Å²) in [5, 5.41) is 19.5. The second-order valence-corrected chi connectivity index (χ2v) is 4.43. The van der Waals surface area contributed by atoms with Gasteiger partial charge in [0.1, 0.15) is 11.5 Å². The number of nitriles is 1. The summed E-state index contributed by atoms with van der Waals surface area (Å²) in [6.45, 7) is 3.62. The van der Waals surface area contributed by atoms with Crippen LogP contribution in [0.15, 0.2) is 18.2 Å². The van der Waals surface area contributed by atoms with E-state index in [1.54, 1.807) is 39.3 Å². The number of hydrogen-bond acceptors (Lipinski definition) is 4. The molecule has 4 heteroatoms. The molecule has 1 rings (SSSR count). The number of benzene rings is 1. The van der Waals surface area contributed by atoms with Crippen molar-refractivity contribution in [3.8, 4) is 17.6 Å². The average Bonchev–Trinajstić information content (AvgIpc) is 2.44. The third-order valence-corrected chi connectivity index (χ3v) is 3.28. The first-order chi connectivity index (χ1) is 8.50. The first kappa shape index (κ1) is 14.3. The molecule has 0 heterocycles. The summed E-state index contributed by atoms with van der Waals surface area (Å²) < 4.78 is 10.3. The molecule has 0 saturated carbocycles. The maximum Gasteiger partial charge on any atom is 0.122 e. The number of methoxy groups -OCH3 is 2. The fourth-order valence-corrected chi connectivity index (χ4v) is 1.69. The van der Waals surface area contributed by atoms with Crippen LogP contribution < -0.4 is 9.47 Å². The summed E-state index contributed by atoms with van der Waals surface area (Å²) in [5.41, 5.74) is -0.200. The van der Waals surface area contributed by atoms with Gasteiger partial charge in [-0.2, -0.15) is 5.26 Å². The van der Waals surface area contributed by atoms with E-state index in [9.17, 15) is 10.4 Å². The van der Waals surface area contributed by atoms with Gasteiger partial charge >= 0.3 is 0 Å². The van der Waals surface area contributed by atoms with Crippen molar-refractivity contribution in [3.05, 3.63) is 23.8 Å². The number of aliphatic hydroxyl groups is 1. The molecule has 0 aliphatic carbocycles. The number of ether oxygens (including phenoxy) is 2. The van der Waals surface area contributed by atoms with Gasteiger partial charge in [-0.25, -0.2) is 0 Å². The van der Waals surface area contributed by atoms with Crippen LogP contribution in [0.4, 0.5) is 0 Å². The Kier molecular flexibility index (Phi) is 4.57. The van der Waals surface area contributed by atoms with Crippen LogP contribution in [0.5, 0.6) is 11.5 Å². The molecule has 1 aromatic carbocycles. The number of nitrogens with zero attached hydrogens (tertiary/aromatic N) is 1. The lowest BCUT2D eigenvalue weighted by Crippen LogP contribution is -2.23. The van der Waals surface area contributed by atoms with Crippen molar-refractivity contribution in [3.63, 3.8) is 0 Å². The third-order valence-electron chi connectivity index (χ3n) is 3.28. The summed E-state index contributed by atoms with van der Waals surface area (Å²) in [6.07, 6.45) is -0.319. The monoisotopic (exact) mass is 249 g/mol. The summed E-state index contributed by atoms with van der Waals surface area (Å²) in [7, 11) is 3.10. The Morgan fingerprint density at radius 1 is 1.28 bits per heavy atom. The van der Waals surface area contributed by atoms with Gasteiger partial charge in [-0.05, 0) is 31.0 Å². The highest BCUT2D eigenvalue weighted by atomic mass is 16.5. The van der Waals surface area contributed by atoms with Gasteiger partial charge in [-0.15, -0.1) is 0 Å². The van der Waals surface area contributed by atoms with Crippen LogP contribution in [0.25, 0.3) is 0 Å². The zero-order valence-electron chi connectivity index (χ0n) is 11.2. The van der Waals surface area contributed by atoms with Crippen molar-refractivity contribution in [2.24, 2.45) is 5.41 Å². The first-order valence-corrected chi connectivity index (χ1v) is 5.83. The van der Waals surface area contributed by atoms with Crippen LogP contribution in [0.2, 0.25) is 0 Å². The molecule has 2 unspecified atom stereocenters. The summed E-state index contributed by atoms with van der Waals surface area (Å²) in [5.74, 6) is 1.19. The molecule has 2 atom stereocenters. The molecule has 1 N–H and O–H groups in total. The van der Waals surface area contributed by atoms with Crippen molar-refractivity contribution < 1.29 is 14.6 Å². The van der Waals surface area contributed by atoms with E-state index in [4.69, 9.17) is 9.47 Å². The van der Waals surface area contributed by atoms with E-state index in [0.717, 1.165) is 0 Å². The molecule has 0 fully saturated rings. The topological polar surface area (TPSA) is 62.5 Å². The minimum atomic E-state index is -0.878. The zero-order valence-corrected chi connectivity index (χ0v) is 11.2. The third kappa shape index (κ3) is 2.74. The Hall–Kier alpha value is -1.73. The fourth-order valence-electron chi connectivity index (χ4n) is 1.69. The van der Waals surface area contributed by atoms with E-state index in [1.165, 1.54) is 0 Å². The lowest BCUT2D eigenvalue weighted by atomic mass is 9.80. The van der Waals surface area contributed by atoms with E-state index >= 15 is 0 Å². The number of hydrogen-bond donors (Lipinski definition) is 1. The van der Waals surface area contributed by atoms with Crippen LogP contribution in [0.3, 0.4) is 0 Å². The Labute approximate surface area is 108 Å². The van der Waals surface area contributed by atoms with E-state index in [0.29, 0.717) is 23.5 Å². The average molecular weight is 249 g/mol. The summed E-state index contributed by atoms with van der Waals surface area (Å²) >= 11 is 0. The molecule has 0 aliphatic heterocycles. The maximum atomic E-state index is 10.3. The van der Waals surface area contributed by atoms with Crippen molar-refractivity contribution in [1.82, 2.24) is 0 Å². The van der Waals surface area contributed by atoms with E-state index < -0.39 is 11.5 Å². The molecule has 0 bridgehead atoms. The highest BCUT2D eigenvalue weighted by Crippen LogP contribution is 2.38. The Bertz CT molecular complexity index is 431. The zero-order chi connectivity index (χ0) is 13.8. The molecule has 0 aliphatic rings.